The number of rotatable bonds is 8. The van der Waals surface area contributed by atoms with Crippen LogP contribution in [-0.4, -0.2) is 43.2 Å². The Kier molecular flexibility index (Phi) is 8.09. The maximum atomic E-state index is 12.1. The van der Waals surface area contributed by atoms with Gasteiger partial charge in [-0.3, -0.25) is 4.79 Å². The van der Waals surface area contributed by atoms with E-state index in [-0.39, 0.29) is 12.5 Å². The van der Waals surface area contributed by atoms with Crippen molar-refractivity contribution in [2.45, 2.75) is 19.4 Å². The molecule has 6 nitrogen and oxygen atoms in total. The highest BCUT2D eigenvalue weighted by atomic mass is 35.5. The van der Waals surface area contributed by atoms with Gasteiger partial charge in [0.2, 0.25) is 0 Å². The summed E-state index contributed by atoms with van der Waals surface area (Å²) < 4.78 is 0. The topological polar surface area (TPSA) is 85.8 Å². The first-order valence-corrected chi connectivity index (χ1v) is 10.1. The van der Waals surface area contributed by atoms with Crippen LogP contribution in [0.2, 0.25) is 5.02 Å². The zero-order chi connectivity index (χ0) is 19.7. The van der Waals surface area contributed by atoms with Crippen molar-refractivity contribution in [3.05, 3.63) is 57.2 Å². The minimum absolute atomic E-state index is 0.218. The van der Waals surface area contributed by atoms with Crippen molar-refractivity contribution in [2.75, 3.05) is 26.2 Å². The van der Waals surface area contributed by atoms with Crippen molar-refractivity contribution in [3.8, 4) is 0 Å². The molecule has 27 heavy (non-hydrogen) atoms. The molecule has 0 aliphatic carbocycles. The first-order valence-electron chi connectivity index (χ1n) is 8.74. The quantitative estimate of drug-likeness (QED) is 0.307. The lowest BCUT2D eigenvalue weighted by atomic mass is 10.00. The molecule has 0 aliphatic rings. The van der Waals surface area contributed by atoms with Crippen molar-refractivity contribution < 1.29 is 9.90 Å². The van der Waals surface area contributed by atoms with Crippen molar-refractivity contribution in [1.29, 1.82) is 0 Å². The highest BCUT2D eigenvalue weighted by molar-refractivity contribution is 7.08. The number of nitrogens with one attached hydrogen (secondary N) is 3. The monoisotopic (exact) mass is 408 g/mol. The molecule has 146 valence electrons. The second-order valence-electron chi connectivity index (χ2n) is 6.14. The molecule has 0 saturated heterocycles. The van der Waals surface area contributed by atoms with Crippen LogP contribution in [0.3, 0.4) is 0 Å². The van der Waals surface area contributed by atoms with Crippen LogP contribution in [0.15, 0.2) is 46.1 Å². The fourth-order valence-corrected chi connectivity index (χ4v) is 3.34. The Balaban J connectivity index is 1.84. The number of thiophene rings is 1. The van der Waals surface area contributed by atoms with Gasteiger partial charge in [0.25, 0.3) is 5.91 Å². The van der Waals surface area contributed by atoms with E-state index in [0.29, 0.717) is 36.2 Å². The average Bonchev–Trinajstić information content (AvgIpc) is 3.19. The van der Waals surface area contributed by atoms with E-state index in [1.165, 1.54) is 0 Å². The van der Waals surface area contributed by atoms with E-state index < -0.39 is 5.60 Å². The summed E-state index contributed by atoms with van der Waals surface area (Å²) in [7, 11) is 0. The number of halogens is 1. The molecule has 0 spiro atoms. The fraction of sp³-hybridized carbons (Fsp3) is 0.368. The molecule has 0 fully saturated rings. The molecule has 1 unspecified atom stereocenters. The van der Waals surface area contributed by atoms with Gasteiger partial charge in [0, 0.05) is 19.6 Å². The molecule has 1 aromatic carbocycles. The Morgan fingerprint density at radius 1 is 1.22 bits per heavy atom. The summed E-state index contributed by atoms with van der Waals surface area (Å²) in [4.78, 5) is 16.6. The van der Waals surface area contributed by atoms with E-state index in [1.807, 2.05) is 23.8 Å². The third-order valence-electron chi connectivity index (χ3n) is 3.85. The van der Waals surface area contributed by atoms with Crippen LogP contribution in [0, 0.1) is 0 Å². The highest BCUT2D eigenvalue weighted by Gasteiger charge is 2.23. The number of guanidine groups is 1. The molecular formula is C19H25ClN4O2S. The van der Waals surface area contributed by atoms with E-state index in [9.17, 15) is 9.90 Å². The first-order chi connectivity index (χ1) is 12.9. The lowest BCUT2D eigenvalue weighted by Crippen LogP contribution is -2.42. The van der Waals surface area contributed by atoms with Gasteiger partial charge in [-0.05, 0) is 48.4 Å². The van der Waals surface area contributed by atoms with Gasteiger partial charge in [0.05, 0.1) is 17.1 Å². The summed E-state index contributed by atoms with van der Waals surface area (Å²) in [6.07, 6.45) is 0. The standard InChI is InChI=1S/C19H25ClN4O2S/c1-3-21-18(24-13-19(2,26)14-8-11-27-12-14)23-10-9-22-17(25)15-6-4-5-7-16(15)20/h4-8,11-12,26H,3,9-10,13H2,1-2H3,(H,22,25)(H2,21,23,24). The van der Waals surface area contributed by atoms with Crippen molar-refractivity contribution in [1.82, 2.24) is 16.0 Å². The van der Waals surface area contributed by atoms with Gasteiger partial charge in [-0.25, -0.2) is 4.99 Å². The van der Waals surface area contributed by atoms with Gasteiger partial charge in [0.15, 0.2) is 5.96 Å². The second kappa shape index (κ2) is 10.3. The lowest BCUT2D eigenvalue weighted by Gasteiger charge is -2.21. The number of benzene rings is 1. The van der Waals surface area contributed by atoms with Gasteiger partial charge in [-0.2, -0.15) is 11.3 Å². The predicted molar refractivity (Wildman–Crippen MR) is 112 cm³/mol. The van der Waals surface area contributed by atoms with Gasteiger partial charge in [0.1, 0.15) is 5.60 Å². The molecule has 0 radical (unpaired) electrons. The van der Waals surface area contributed by atoms with Gasteiger partial charge in [-0.1, -0.05) is 23.7 Å². The number of hydrogen-bond acceptors (Lipinski definition) is 4. The largest absolute Gasteiger partial charge is 0.383 e. The van der Waals surface area contributed by atoms with Crippen LogP contribution < -0.4 is 16.0 Å². The predicted octanol–water partition coefficient (Wildman–Crippen LogP) is 2.59. The molecule has 4 N–H and O–H groups in total. The number of carbonyl (C=O) groups excluding carboxylic acids is 1. The Morgan fingerprint density at radius 2 is 1.96 bits per heavy atom. The summed E-state index contributed by atoms with van der Waals surface area (Å²) in [5.74, 6) is 0.365. The van der Waals surface area contributed by atoms with Crippen molar-refractivity contribution >= 4 is 34.8 Å². The van der Waals surface area contributed by atoms with Gasteiger partial charge in [-0.15, -0.1) is 0 Å². The summed E-state index contributed by atoms with van der Waals surface area (Å²) in [6, 6.07) is 8.82. The van der Waals surface area contributed by atoms with Gasteiger partial charge >= 0.3 is 0 Å². The first kappa shape index (κ1) is 21.2. The van der Waals surface area contributed by atoms with Crippen LogP contribution in [0.4, 0.5) is 0 Å². The molecule has 1 amide bonds. The number of nitrogens with zero attached hydrogens (tertiary/aromatic N) is 1. The number of carbonyl (C=O) groups is 1. The lowest BCUT2D eigenvalue weighted by molar-refractivity contribution is 0.0677. The zero-order valence-electron chi connectivity index (χ0n) is 15.5. The maximum Gasteiger partial charge on any atom is 0.252 e. The van der Waals surface area contributed by atoms with Crippen molar-refractivity contribution in [3.63, 3.8) is 0 Å². The maximum absolute atomic E-state index is 12.1. The SMILES string of the molecule is CCNC(=NCC(C)(O)c1ccsc1)NCCNC(=O)c1ccccc1Cl. The molecule has 0 aliphatic heterocycles. The molecule has 1 atom stereocenters. The molecule has 0 bridgehead atoms. The summed E-state index contributed by atoms with van der Waals surface area (Å²) in [5, 5.41) is 23.9. The van der Waals surface area contributed by atoms with E-state index in [4.69, 9.17) is 11.6 Å². The third kappa shape index (κ3) is 6.53. The van der Waals surface area contributed by atoms with Crippen LogP contribution in [-0.2, 0) is 5.60 Å². The Hall–Kier alpha value is -2.09. The Morgan fingerprint density at radius 3 is 2.63 bits per heavy atom. The third-order valence-corrected chi connectivity index (χ3v) is 4.87. The smallest absolute Gasteiger partial charge is 0.252 e. The van der Waals surface area contributed by atoms with E-state index in [2.05, 4.69) is 20.9 Å². The molecule has 2 aromatic rings. The number of amides is 1. The zero-order valence-corrected chi connectivity index (χ0v) is 17.0. The van der Waals surface area contributed by atoms with E-state index >= 15 is 0 Å². The van der Waals surface area contributed by atoms with Crippen LogP contribution in [0.1, 0.15) is 29.8 Å². The molecule has 8 heteroatoms. The van der Waals surface area contributed by atoms with E-state index in [1.54, 1.807) is 42.5 Å². The minimum Gasteiger partial charge on any atom is -0.383 e. The number of aliphatic imine (C=N–C) groups is 1. The molecule has 1 heterocycles. The number of aliphatic hydroxyl groups is 1. The minimum atomic E-state index is -1.03. The molecule has 0 saturated carbocycles. The summed E-state index contributed by atoms with van der Waals surface area (Å²) >= 11 is 7.56. The van der Waals surface area contributed by atoms with Gasteiger partial charge < -0.3 is 21.1 Å². The molecule has 2 rings (SSSR count). The van der Waals surface area contributed by atoms with E-state index in [0.717, 1.165) is 5.56 Å². The van der Waals surface area contributed by atoms with Crippen molar-refractivity contribution in [2.24, 2.45) is 4.99 Å². The number of hydrogen-bond donors (Lipinski definition) is 4. The highest BCUT2D eigenvalue weighted by Crippen LogP contribution is 2.23. The van der Waals surface area contributed by atoms with Crippen LogP contribution in [0.5, 0.6) is 0 Å². The summed E-state index contributed by atoms with van der Waals surface area (Å²) in [5.41, 5.74) is 0.270. The second-order valence-corrected chi connectivity index (χ2v) is 7.33. The Bertz CT molecular complexity index is 763. The average molecular weight is 409 g/mol. The van der Waals surface area contributed by atoms with Crippen LogP contribution in [0.25, 0.3) is 0 Å². The normalized spacial score (nSPS) is 13.7. The fourth-order valence-electron chi connectivity index (χ4n) is 2.33. The summed E-state index contributed by atoms with van der Waals surface area (Å²) in [6.45, 7) is 5.53. The van der Waals surface area contributed by atoms with Crippen LogP contribution >= 0.6 is 22.9 Å². The Labute approximate surface area is 168 Å². The molecule has 1 aromatic heterocycles. The molecular weight excluding hydrogens is 384 g/mol.